The minimum absolute atomic E-state index is 0.0905. The third kappa shape index (κ3) is 3.89. The molecule has 1 N–H and O–H groups in total. The molecular weight excluding hydrogens is 230 g/mol. The largest absolute Gasteiger partial charge is 0.394 e. The fourth-order valence-electron chi connectivity index (χ4n) is 1.26. The van der Waals surface area contributed by atoms with Gasteiger partial charge in [-0.15, -0.1) is 0 Å². The second-order valence-electron chi connectivity index (χ2n) is 3.36. The Labute approximate surface area is 99.2 Å². The highest BCUT2D eigenvalue weighted by Crippen LogP contribution is 2.11. The zero-order valence-corrected chi connectivity index (χ0v) is 9.78. The predicted octanol–water partition coefficient (Wildman–Crippen LogP) is 1.71. The number of hydrogen-bond acceptors (Lipinski definition) is 4. The van der Waals surface area contributed by atoms with E-state index in [9.17, 15) is 4.79 Å². The summed E-state index contributed by atoms with van der Waals surface area (Å²) in [7, 11) is 1.50. The molecule has 1 atom stereocenters. The summed E-state index contributed by atoms with van der Waals surface area (Å²) in [4.78, 5) is 15.6. The van der Waals surface area contributed by atoms with Crippen LogP contribution in [-0.4, -0.2) is 35.7 Å². The number of methoxy groups -OCH3 is 1. The van der Waals surface area contributed by atoms with Gasteiger partial charge in [0.1, 0.15) is 5.69 Å². The van der Waals surface area contributed by atoms with E-state index in [1.165, 1.54) is 19.4 Å². The lowest BCUT2D eigenvalue weighted by atomic mass is 10.1. The number of Topliss-reactive ketones (excluding diaryl/α,β-unsaturated/α-hetero) is 1. The number of carbonyl (C=O) groups is 1. The molecule has 0 spiro atoms. The Morgan fingerprint density at radius 1 is 1.69 bits per heavy atom. The molecule has 0 saturated heterocycles. The molecule has 0 amide bonds. The van der Waals surface area contributed by atoms with Crippen molar-refractivity contribution in [3.8, 4) is 0 Å². The summed E-state index contributed by atoms with van der Waals surface area (Å²) >= 11 is 5.75. The van der Waals surface area contributed by atoms with E-state index >= 15 is 0 Å². The maximum atomic E-state index is 11.7. The van der Waals surface area contributed by atoms with Crippen molar-refractivity contribution < 1.29 is 14.6 Å². The standard InChI is InChI=1S/C11H14ClNO3/c1-16-9(7-14)2-3-11(15)10-6-8(12)4-5-13-10/h4-6,9,14H,2-3,7H2,1H3. The van der Waals surface area contributed by atoms with Crippen molar-refractivity contribution in [3.05, 3.63) is 29.0 Å². The lowest BCUT2D eigenvalue weighted by molar-refractivity contribution is 0.0411. The molecular formula is C11H14ClNO3. The first-order valence-corrected chi connectivity index (χ1v) is 5.33. The van der Waals surface area contributed by atoms with Crippen LogP contribution in [-0.2, 0) is 4.74 Å². The van der Waals surface area contributed by atoms with Crippen molar-refractivity contribution >= 4 is 17.4 Å². The Morgan fingerprint density at radius 3 is 3.00 bits per heavy atom. The Hall–Kier alpha value is -0.970. The Morgan fingerprint density at radius 2 is 2.44 bits per heavy atom. The highest BCUT2D eigenvalue weighted by molar-refractivity contribution is 6.30. The molecule has 1 heterocycles. The number of rotatable bonds is 6. The summed E-state index contributed by atoms with van der Waals surface area (Å²) in [5.74, 6) is -0.0991. The molecule has 5 heteroatoms. The molecule has 0 radical (unpaired) electrons. The average Bonchev–Trinajstić information content (AvgIpc) is 2.30. The van der Waals surface area contributed by atoms with E-state index in [1.807, 2.05) is 0 Å². The number of ether oxygens (including phenoxy) is 1. The van der Waals surface area contributed by atoms with E-state index in [4.69, 9.17) is 21.4 Å². The van der Waals surface area contributed by atoms with Crippen molar-refractivity contribution in [2.75, 3.05) is 13.7 Å². The SMILES string of the molecule is COC(CO)CCC(=O)c1cc(Cl)ccn1. The first-order valence-electron chi connectivity index (χ1n) is 4.95. The quantitative estimate of drug-likeness (QED) is 0.773. The van der Waals surface area contributed by atoms with Gasteiger partial charge in [0.15, 0.2) is 5.78 Å². The summed E-state index contributed by atoms with van der Waals surface area (Å²) in [6.07, 6.45) is 1.95. The molecule has 16 heavy (non-hydrogen) atoms. The van der Waals surface area contributed by atoms with E-state index in [0.29, 0.717) is 17.1 Å². The van der Waals surface area contributed by atoms with Gasteiger partial charge in [0.2, 0.25) is 0 Å². The molecule has 0 aliphatic rings. The fraction of sp³-hybridized carbons (Fsp3) is 0.455. The molecule has 0 aromatic carbocycles. The van der Waals surface area contributed by atoms with Gasteiger partial charge in [-0.3, -0.25) is 9.78 Å². The monoisotopic (exact) mass is 243 g/mol. The predicted molar refractivity (Wildman–Crippen MR) is 60.7 cm³/mol. The summed E-state index contributed by atoms with van der Waals surface area (Å²) in [5, 5.41) is 9.37. The van der Waals surface area contributed by atoms with Gasteiger partial charge in [0, 0.05) is 24.8 Å². The molecule has 1 aromatic rings. The van der Waals surface area contributed by atoms with Crippen LogP contribution in [0.2, 0.25) is 5.02 Å². The van der Waals surface area contributed by atoms with Crippen molar-refractivity contribution in [1.82, 2.24) is 4.98 Å². The summed E-state index contributed by atoms with van der Waals surface area (Å²) < 4.78 is 4.96. The normalized spacial score (nSPS) is 12.4. The molecule has 4 nitrogen and oxygen atoms in total. The van der Waals surface area contributed by atoms with Crippen molar-refractivity contribution in [3.63, 3.8) is 0 Å². The van der Waals surface area contributed by atoms with Crippen LogP contribution < -0.4 is 0 Å². The van der Waals surface area contributed by atoms with E-state index in [1.54, 1.807) is 6.07 Å². The zero-order valence-electron chi connectivity index (χ0n) is 9.02. The van der Waals surface area contributed by atoms with Crippen molar-refractivity contribution in [2.24, 2.45) is 0 Å². The maximum Gasteiger partial charge on any atom is 0.181 e. The third-order valence-corrected chi connectivity index (χ3v) is 2.47. The van der Waals surface area contributed by atoms with Gasteiger partial charge < -0.3 is 9.84 Å². The Kier molecular flexibility index (Phi) is 5.38. The van der Waals surface area contributed by atoms with Gasteiger partial charge in [0.05, 0.1) is 12.7 Å². The molecule has 0 fully saturated rings. The smallest absolute Gasteiger partial charge is 0.181 e. The zero-order chi connectivity index (χ0) is 12.0. The van der Waals surface area contributed by atoms with Crippen LogP contribution in [0.3, 0.4) is 0 Å². The number of aliphatic hydroxyl groups is 1. The summed E-state index contributed by atoms with van der Waals surface area (Å²) in [6, 6.07) is 3.15. The van der Waals surface area contributed by atoms with E-state index in [0.717, 1.165) is 0 Å². The van der Waals surface area contributed by atoms with E-state index in [-0.39, 0.29) is 24.9 Å². The van der Waals surface area contributed by atoms with Gasteiger partial charge >= 0.3 is 0 Å². The summed E-state index contributed by atoms with van der Waals surface area (Å²) in [5.41, 5.74) is 0.347. The number of pyridine rings is 1. The Balaban J connectivity index is 2.52. The number of ketones is 1. The van der Waals surface area contributed by atoms with E-state index in [2.05, 4.69) is 4.98 Å². The molecule has 1 rings (SSSR count). The second-order valence-corrected chi connectivity index (χ2v) is 3.80. The number of aromatic nitrogens is 1. The van der Waals surface area contributed by atoms with Gasteiger partial charge in [-0.05, 0) is 18.6 Å². The van der Waals surface area contributed by atoms with Crippen LogP contribution in [0.15, 0.2) is 18.3 Å². The van der Waals surface area contributed by atoms with Crippen LogP contribution in [0.1, 0.15) is 23.3 Å². The first kappa shape index (κ1) is 13.1. The number of halogens is 1. The van der Waals surface area contributed by atoms with Crippen LogP contribution >= 0.6 is 11.6 Å². The van der Waals surface area contributed by atoms with Gasteiger partial charge in [-0.2, -0.15) is 0 Å². The molecule has 0 aliphatic heterocycles. The third-order valence-electron chi connectivity index (χ3n) is 2.24. The maximum absolute atomic E-state index is 11.7. The van der Waals surface area contributed by atoms with Crippen LogP contribution in [0.5, 0.6) is 0 Å². The molecule has 0 aliphatic carbocycles. The number of hydrogen-bond donors (Lipinski definition) is 1. The summed E-state index contributed by atoms with van der Waals surface area (Å²) in [6.45, 7) is -0.0905. The number of carbonyl (C=O) groups excluding carboxylic acids is 1. The number of aliphatic hydroxyl groups excluding tert-OH is 1. The lowest BCUT2D eigenvalue weighted by Gasteiger charge is -2.10. The van der Waals surface area contributed by atoms with Gasteiger partial charge in [0.25, 0.3) is 0 Å². The van der Waals surface area contributed by atoms with E-state index < -0.39 is 0 Å². The molecule has 1 unspecified atom stereocenters. The van der Waals surface area contributed by atoms with Gasteiger partial charge in [-0.25, -0.2) is 0 Å². The highest BCUT2D eigenvalue weighted by atomic mass is 35.5. The van der Waals surface area contributed by atoms with Crippen LogP contribution in [0.4, 0.5) is 0 Å². The number of nitrogens with zero attached hydrogens (tertiary/aromatic N) is 1. The highest BCUT2D eigenvalue weighted by Gasteiger charge is 2.12. The fourth-order valence-corrected chi connectivity index (χ4v) is 1.42. The molecule has 88 valence electrons. The Bertz CT molecular complexity index is 353. The lowest BCUT2D eigenvalue weighted by Crippen LogP contribution is -2.17. The molecule has 1 aromatic heterocycles. The minimum atomic E-state index is -0.303. The first-order chi connectivity index (χ1) is 7.67. The van der Waals surface area contributed by atoms with Crippen LogP contribution in [0.25, 0.3) is 0 Å². The molecule has 0 bridgehead atoms. The second kappa shape index (κ2) is 6.58. The van der Waals surface area contributed by atoms with Gasteiger partial charge in [-0.1, -0.05) is 11.6 Å². The average molecular weight is 244 g/mol. The van der Waals surface area contributed by atoms with Crippen LogP contribution in [0, 0.1) is 0 Å². The minimum Gasteiger partial charge on any atom is -0.394 e. The van der Waals surface area contributed by atoms with Crippen molar-refractivity contribution in [2.45, 2.75) is 18.9 Å². The molecule has 0 saturated carbocycles. The van der Waals surface area contributed by atoms with Crippen molar-refractivity contribution in [1.29, 1.82) is 0 Å². The topological polar surface area (TPSA) is 59.4 Å².